The van der Waals surface area contributed by atoms with Crippen molar-refractivity contribution in [3.8, 4) is 17.2 Å². The smallest absolute Gasteiger partial charge is 0.255 e. The molecule has 0 bridgehead atoms. The maximum Gasteiger partial charge on any atom is 0.255 e. The van der Waals surface area contributed by atoms with Crippen LogP contribution >= 0.6 is 11.3 Å². The van der Waals surface area contributed by atoms with E-state index in [9.17, 15) is 9.59 Å². The van der Waals surface area contributed by atoms with Crippen LogP contribution in [0, 0.1) is 0 Å². The Bertz CT molecular complexity index is 839. The van der Waals surface area contributed by atoms with E-state index >= 15 is 0 Å². The zero-order valence-corrected chi connectivity index (χ0v) is 17.9. The van der Waals surface area contributed by atoms with Crippen LogP contribution in [0.4, 0.5) is 0 Å². The topological polar surface area (TPSA) is 100 Å². The molecule has 0 radical (unpaired) electrons. The number of nitrogens with zero attached hydrogens (tertiary/aromatic N) is 1. The summed E-state index contributed by atoms with van der Waals surface area (Å²) in [7, 11) is 2.91. The largest absolute Gasteiger partial charge is 0.493 e. The molecular weight excluding hydrogens is 408 g/mol. The van der Waals surface area contributed by atoms with E-state index in [0.29, 0.717) is 18.7 Å². The molecule has 162 valence electrons. The fraction of sp³-hybridized carbons (Fsp3) is 0.429. The van der Waals surface area contributed by atoms with Gasteiger partial charge >= 0.3 is 0 Å². The number of ether oxygens (including phenoxy) is 4. The summed E-state index contributed by atoms with van der Waals surface area (Å²) in [4.78, 5) is 27.4. The standard InChI is InChI=1S/C21H26N2O6S/c1-26-17-9-14(10-18(27-2)20(17)29-13-19(22)24)21(25)23(11-15-5-3-7-28-15)12-16-6-4-8-30-16/h4,6,8-10,15H,3,5,7,11-13H2,1-2H3,(H2,22,24). The molecule has 1 saturated heterocycles. The van der Waals surface area contributed by atoms with Gasteiger partial charge in [-0.2, -0.15) is 0 Å². The number of hydrogen-bond donors (Lipinski definition) is 1. The van der Waals surface area contributed by atoms with Crippen LogP contribution in [0.2, 0.25) is 0 Å². The molecule has 1 aliphatic heterocycles. The number of amides is 2. The van der Waals surface area contributed by atoms with Gasteiger partial charge in [0, 0.05) is 23.6 Å². The maximum absolute atomic E-state index is 13.4. The fourth-order valence-corrected chi connectivity index (χ4v) is 4.04. The van der Waals surface area contributed by atoms with Gasteiger partial charge in [-0.25, -0.2) is 0 Å². The van der Waals surface area contributed by atoms with Crippen molar-refractivity contribution in [3.63, 3.8) is 0 Å². The van der Waals surface area contributed by atoms with Gasteiger partial charge < -0.3 is 29.6 Å². The van der Waals surface area contributed by atoms with E-state index in [-0.39, 0.29) is 35.9 Å². The minimum Gasteiger partial charge on any atom is -0.493 e. The molecule has 1 aliphatic rings. The lowest BCUT2D eigenvalue weighted by Gasteiger charge is -2.26. The van der Waals surface area contributed by atoms with E-state index in [1.165, 1.54) is 14.2 Å². The highest BCUT2D eigenvalue weighted by molar-refractivity contribution is 7.09. The fourth-order valence-electron chi connectivity index (χ4n) is 3.32. The second-order valence-corrected chi connectivity index (χ2v) is 7.90. The van der Waals surface area contributed by atoms with Crippen LogP contribution in [0.3, 0.4) is 0 Å². The molecule has 30 heavy (non-hydrogen) atoms. The van der Waals surface area contributed by atoms with Gasteiger partial charge in [0.1, 0.15) is 0 Å². The van der Waals surface area contributed by atoms with Crippen LogP contribution in [-0.4, -0.2) is 56.8 Å². The van der Waals surface area contributed by atoms with Crippen molar-refractivity contribution in [2.24, 2.45) is 5.73 Å². The number of carbonyl (C=O) groups excluding carboxylic acids is 2. The molecule has 0 saturated carbocycles. The number of benzene rings is 1. The van der Waals surface area contributed by atoms with Gasteiger partial charge in [-0.3, -0.25) is 9.59 Å². The highest BCUT2D eigenvalue weighted by atomic mass is 32.1. The van der Waals surface area contributed by atoms with Crippen LogP contribution in [0.15, 0.2) is 29.6 Å². The van der Waals surface area contributed by atoms with Crippen LogP contribution < -0.4 is 19.9 Å². The van der Waals surface area contributed by atoms with E-state index < -0.39 is 5.91 Å². The van der Waals surface area contributed by atoms with Gasteiger partial charge in [-0.15, -0.1) is 11.3 Å². The summed E-state index contributed by atoms with van der Waals surface area (Å²) in [5.74, 6) is -0.00606. The van der Waals surface area contributed by atoms with Gasteiger partial charge in [0.25, 0.3) is 11.8 Å². The minimum atomic E-state index is -0.627. The van der Waals surface area contributed by atoms with E-state index in [4.69, 9.17) is 24.7 Å². The molecule has 2 N–H and O–H groups in total. The first kappa shape index (κ1) is 21.9. The maximum atomic E-state index is 13.4. The number of nitrogens with two attached hydrogens (primary N) is 1. The Morgan fingerprint density at radius 3 is 2.53 bits per heavy atom. The first-order valence-electron chi connectivity index (χ1n) is 9.62. The predicted molar refractivity (Wildman–Crippen MR) is 112 cm³/mol. The van der Waals surface area contributed by atoms with Crippen molar-refractivity contribution >= 4 is 23.2 Å². The van der Waals surface area contributed by atoms with Gasteiger partial charge in [-0.05, 0) is 36.4 Å². The minimum absolute atomic E-state index is 0.0240. The SMILES string of the molecule is COc1cc(C(=O)N(Cc2cccs2)CC2CCCO2)cc(OC)c1OCC(N)=O. The van der Waals surface area contributed by atoms with Crippen LogP contribution in [0.5, 0.6) is 17.2 Å². The van der Waals surface area contributed by atoms with Crippen LogP contribution in [-0.2, 0) is 16.1 Å². The Hall–Kier alpha value is -2.78. The quantitative estimate of drug-likeness (QED) is 0.617. The Balaban J connectivity index is 1.89. The zero-order valence-electron chi connectivity index (χ0n) is 17.1. The molecule has 2 amide bonds. The number of thiophene rings is 1. The molecule has 1 atom stereocenters. The summed E-state index contributed by atoms with van der Waals surface area (Å²) < 4.78 is 21.9. The van der Waals surface area contributed by atoms with E-state index in [2.05, 4.69) is 0 Å². The third kappa shape index (κ3) is 5.43. The summed E-state index contributed by atoms with van der Waals surface area (Å²) in [6, 6.07) is 7.13. The molecule has 2 aromatic rings. The summed E-state index contributed by atoms with van der Waals surface area (Å²) in [5.41, 5.74) is 5.56. The number of hydrogen-bond acceptors (Lipinski definition) is 7. The Morgan fingerprint density at radius 1 is 1.27 bits per heavy atom. The van der Waals surface area contributed by atoms with E-state index in [1.807, 2.05) is 17.5 Å². The molecule has 1 aromatic heterocycles. The second kappa shape index (κ2) is 10.3. The van der Waals surface area contributed by atoms with Gasteiger partial charge in [0.15, 0.2) is 18.1 Å². The van der Waals surface area contributed by atoms with Crippen molar-refractivity contribution in [2.45, 2.75) is 25.5 Å². The van der Waals surface area contributed by atoms with E-state index in [0.717, 1.165) is 24.3 Å². The summed E-state index contributed by atoms with van der Waals surface area (Å²) in [6.45, 7) is 1.38. The molecule has 3 rings (SSSR count). The molecule has 1 aromatic carbocycles. The molecule has 1 unspecified atom stereocenters. The molecule has 2 heterocycles. The predicted octanol–water partition coefficient (Wildman–Crippen LogP) is 2.45. The summed E-state index contributed by atoms with van der Waals surface area (Å²) >= 11 is 1.60. The normalized spacial score (nSPS) is 15.6. The number of rotatable bonds is 10. The van der Waals surface area contributed by atoms with Crippen molar-refractivity contribution in [1.29, 1.82) is 0 Å². The first-order valence-corrected chi connectivity index (χ1v) is 10.5. The summed E-state index contributed by atoms with van der Waals surface area (Å²) in [5, 5.41) is 1.99. The van der Waals surface area contributed by atoms with Crippen molar-refractivity contribution < 1.29 is 28.5 Å². The van der Waals surface area contributed by atoms with Crippen molar-refractivity contribution in [1.82, 2.24) is 4.90 Å². The average Bonchev–Trinajstić information content (AvgIpc) is 3.44. The number of methoxy groups -OCH3 is 2. The lowest BCUT2D eigenvalue weighted by atomic mass is 10.1. The summed E-state index contributed by atoms with van der Waals surface area (Å²) in [6.07, 6.45) is 1.95. The molecular formula is C21H26N2O6S. The number of primary amides is 1. The molecule has 8 nitrogen and oxygen atoms in total. The third-order valence-electron chi connectivity index (χ3n) is 4.73. The van der Waals surface area contributed by atoms with Gasteiger partial charge in [-0.1, -0.05) is 6.07 Å². The Morgan fingerprint density at radius 2 is 2.00 bits per heavy atom. The van der Waals surface area contributed by atoms with Crippen LogP contribution in [0.1, 0.15) is 28.1 Å². The van der Waals surface area contributed by atoms with Crippen molar-refractivity contribution in [2.75, 3.05) is 34.0 Å². The van der Waals surface area contributed by atoms with Gasteiger partial charge in [0.2, 0.25) is 5.75 Å². The van der Waals surface area contributed by atoms with E-state index in [1.54, 1.807) is 28.4 Å². The average molecular weight is 435 g/mol. The van der Waals surface area contributed by atoms with Crippen molar-refractivity contribution in [3.05, 3.63) is 40.1 Å². The lowest BCUT2D eigenvalue weighted by Crippen LogP contribution is -2.36. The Kier molecular flexibility index (Phi) is 7.53. The van der Waals surface area contributed by atoms with Gasteiger partial charge in [0.05, 0.1) is 26.9 Å². The molecule has 0 spiro atoms. The molecule has 1 fully saturated rings. The zero-order chi connectivity index (χ0) is 21.5. The lowest BCUT2D eigenvalue weighted by molar-refractivity contribution is -0.120. The number of carbonyl (C=O) groups is 2. The molecule has 0 aliphatic carbocycles. The highest BCUT2D eigenvalue weighted by Gasteiger charge is 2.26. The second-order valence-electron chi connectivity index (χ2n) is 6.86. The third-order valence-corrected chi connectivity index (χ3v) is 5.59. The molecule has 9 heteroatoms. The first-order chi connectivity index (χ1) is 14.5. The van der Waals surface area contributed by atoms with Crippen LogP contribution in [0.25, 0.3) is 0 Å². The highest BCUT2D eigenvalue weighted by Crippen LogP contribution is 2.39. The monoisotopic (exact) mass is 434 g/mol. The Labute approximate surface area is 179 Å².